The minimum atomic E-state index is -0.206. The van der Waals surface area contributed by atoms with E-state index in [-0.39, 0.29) is 18.2 Å². The zero-order chi connectivity index (χ0) is 13.0. The van der Waals surface area contributed by atoms with E-state index >= 15 is 0 Å². The maximum atomic E-state index is 13.4. The Hall–Kier alpha value is -2.13. The van der Waals surface area contributed by atoms with E-state index in [1.54, 1.807) is 6.07 Å². The number of halogens is 2. The van der Waals surface area contributed by atoms with Crippen molar-refractivity contribution < 1.29 is 8.96 Å². The minimum Gasteiger partial charge on any atom is -0.349 e. The SMILES string of the molecule is C[n+]1c2ccc(F)cc2cc2[nH]c3ccccc3c21.Cl. The summed E-state index contributed by atoms with van der Waals surface area (Å²) in [5, 5.41) is 2.09. The average Bonchev–Trinajstić information content (AvgIpc) is 2.76. The van der Waals surface area contributed by atoms with Crippen LogP contribution in [0.5, 0.6) is 0 Å². The molecule has 4 heteroatoms. The molecule has 100 valence electrons. The van der Waals surface area contributed by atoms with E-state index in [1.807, 2.05) is 31.3 Å². The highest BCUT2D eigenvalue weighted by atomic mass is 35.5. The molecule has 4 rings (SSSR count). The Morgan fingerprint density at radius 2 is 1.80 bits per heavy atom. The number of benzene rings is 2. The molecule has 0 fully saturated rings. The van der Waals surface area contributed by atoms with Gasteiger partial charge in [-0.1, -0.05) is 12.1 Å². The average molecular weight is 288 g/mol. The van der Waals surface area contributed by atoms with E-state index in [9.17, 15) is 4.39 Å². The van der Waals surface area contributed by atoms with Crippen LogP contribution in [0, 0.1) is 5.82 Å². The van der Waals surface area contributed by atoms with Crippen LogP contribution in [0.3, 0.4) is 0 Å². The highest BCUT2D eigenvalue weighted by molar-refractivity contribution is 6.05. The first kappa shape index (κ1) is 12.9. The molecule has 2 aromatic carbocycles. The molecule has 2 heterocycles. The molecular formula is C16H13ClFN2+. The lowest BCUT2D eigenvalue weighted by atomic mass is 10.1. The Morgan fingerprint density at radius 1 is 1.00 bits per heavy atom. The van der Waals surface area contributed by atoms with E-state index in [0.717, 1.165) is 27.5 Å². The van der Waals surface area contributed by atoms with Crippen LogP contribution in [0.2, 0.25) is 0 Å². The van der Waals surface area contributed by atoms with Crippen molar-refractivity contribution in [1.82, 2.24) is 4.98 Å². The normalized spacial score (nSPS) is 11.1. The molecule has 1 N–H and O–H groups in total. The van der Waals surface area contributed by atoms with Crippen LogP contribution in [0.25, 0.3) is 32.8 Å². The predicted octanol–water partition coefficient (Wildman–Crippen LogP) is 3.86. The summed E-state index contributed by atoms with van der Waals surface area (Å²) in [5.74, 6) is -0.206. The van der Waals surface area contributed by atoms with Gasteiger partial charge in [0.25, 0.3) is 0 Å². The molecule has 0 aliphatic carbocycles. The van der Waals surface area contributed by atoms with Gasteiger partial charge >= 0.3 is 0 Å². The summed E-state index contributed by atoms with van der Waals surface area (Å²) in [4.78, 5) is 3.39. The van der Waals surface area contributed by atoms with Crippen molar-refractivity contribution >= 4 is 45.2 Å². The third kappa shape index (κ3) is 1.67. The van der Waals surface area contributed by atoms with Gasteiger partial charge in [0.2, 0.25) is 11.0 Å². The van der Waals surface area contributed by atoms with E-state index < -0.39 is 0 Å². The van der Waals surface area contributed by atoms with Gasteiger partial charge in [0.05, 0.1) is 16.3 Å². The lowest BCUT2D eigenvalue weighted by molar-refractivity contribution is -0.616. The van der Waals surface area contributed by atoms with Crippen molar-refractivity contribution in [1.29, 1.82) is 0 Å². The minimum absolute atomic E-state index is 0. The number of rotatable bonds is 0. The monoisotopic (exact) mass is 287 g/mol. The van der Waals surface area contributed by atoms with Gasteiger partial charge in [-0.2, -0.15) is 4.57 Å². The number of nitrogens with one attached hydrogen (secondary N) is 1. The molecule has 0 bridgehead atoms. The molecule has 0 saturated carbocycles. The van der Waals surface area contributed by atoms with Gasteiger partial charge in [-0.15, -0.1) is 12.4 Å². The Bertz CT molecular complexity index is 943. The Labute approximate surface area is 121 Å². The van der Waals surface area contributed by atoms with Gasteiger partial charge < -0.3 is 4.98 Å². The molecule has 2 nitrogen and oxygen atoms in total. The number of hydrogen-bond acceptors (Lipinski definition) is 0. The molecular weight excluding hydrogens is 275 g/mol. The first-order valence-corrected chi connectivity index (χ1v) is 6.23. The van der Waals surface area contributed by atoms with Gasteiger partial charge in [0.1, 0.15) is 18.4 Å². The summed E-state index contributed by atoms with van der Waals surface area (Å²) in [5.41, 5.74) is 4.30. The highest BCUT2D eigenvalue weighted by Crippen LogP contribution is 2.25. The summed E-state index contributed by atoms with van der Waals surface area (Å²) in [6, 6.07) is 15.1. The third-order valence-electron chi connectivity index (χ3n) is 3.69. The molecule has 4 aromatic rings. The van der Waals surface area contributed by atoms with E-state index in [1.165, 1.54) is 11.5 Å². The van der Waals surface area contributed by atoms with E-state index in [2.05, 4.69) is 21.7 Å². The molecule has 0 unspecified atom stereocenters. The van der Waals surface area contributed by atoms with Gasteiger partial charge in [-0.25, -0.2) is 4.39 Å². The first-order chi connectivity index (χ1) is 9.24. The molecule has 20 heavy (non-hydrogen) atoms. The second-order valence-corrected chi connectivity index (χ2v) is 4.84. The molecule has 0 amide bonds. The van der Waals surface area contributed by atoms with E-state index in [4.69, 9.17) is 0 Å². The largest absolute Gasteiger partial charge is 0.349 e. The number of para-hydroxylation sites is 1. The van der Waals surface area contributed by atoms with E-state index in [0.29, 0.717) is 0 Å². The summed E-state index contributed by atoms with van der Waals surface area (Å²) in [6.07, 6.45) is 0. The molecule has 0 aliphatic heterocycles. The maximum absolute atomic E-state index is 13.4. The number of aryl methyl sites for hydroxylation is 1. The summed E-state index contributed by atoms with van der Waals surface area (Å²) in [6.45, 7) is 0. The number of fused-ring (bicyclic) bond motifs is 4. The number of aromatic amines is 1. The van der Waals surface area contributed by atoms with Crippen LogP contribution in [0.1, 0.15) is 0 Å². The topological polar surface area (TPSA) is 19.7 Å². The first-order valence-electron chi connectivity index (χ1n) is 6.23. The zero-order valence-electron chi connectivity index (χ0n) is 10.9. The van der Waals surface area contributed by atoms with Gasteiger partial charge in [0.15, 0.2) is 0 Å². The molecule has 2 aromatic heterocycles. The molecule has 0 saturated heterocycles. The zero-order valence-corrected chi connectivity index (χ0v) is 11.7. The van der Waals surface area contributed by atoms with Crippen molar-refractivity contribution in [2.75, 3.05) is 0 Å². The number of H-pyrrole nitrogens is 1. The number of nitrogens with zero attached hydrogens (tertiary/aromatic N) is 1. The molecule has 0 spiro atoms. The fourth-order valence-corrected chi connectivity index (χ4v) is 2.84. The molecule has 0 atom stereocenters. The van der Waals surface area contributed by atoms with Crippen molar-refractivity contribution in [2.24, 2.45) is 7.05 Å². The Kier molecular flexibility index (Phi) is 2.87. The summed E-state index contributed by atoms with van der Waals surface area (Å²) < 4.78 is 15.5. The Balaban J connectivity index is 0.00000121. The van der Waals surface area contributed by atoms with Gasteiger partial charge in [0, 0.05) is 6.07 Å². The van der Waals surface area contributed by atoms with Crippen LogP contribution >= 0.6 is 12.4 Å². The van der Waals surface area contributed by atoms with Crippen LogP contribution in [0.4, 0.5) is 4.39 Å². The highest BCUT2D eigenvalue weighted by Gasteiger charge is 2.16. The van der Waals surface area contributed by atoms with Crippen LogP contribution < -0.4 is 4.57 Å². The fourth-order valence-electron chi connectivity index (χ4n) is 2.84. The second kappa shape index (κ2) is 4.46. The molecule has 0 radical (unpaired) electrons. The lowest BCUT2D eigenvalue weighted by Crippen LogP contribution is -2.29. The fraction of sp³-hybridized carbons (Fsp3) is 0.0625. The summed E-state index contributed by atoms with van der Waals surface area (Å²) >= 11 is 0. The van der Waals surface area contributed by atoms with Crippen LogP contribution in [-0.2, 0) is 7.05 Å². The second-order valence-electron chi connectivity index (χ2n) is 4.84. The predicted molar refractivity (Wildman–Crippen MR) is 81.7 cm³/mol. The quantitative estimate of drug-likeness (QED) is 0.474. The van der Waals surface area contributed by atoms with Crippen LogP contribution in [0.15, 0.2) is 48.5 Å². The van der Waals surface area contributed by atoms with Gasteiger partial charge in [-0.05, 0) is 30.3 Å². The summed E-state index contributed by atoms with van der Waals surface area (Å²) in [7, 11) is 2.02. The standard InChI is InChI=1S/C16H11FN2.ClH/c1-19-15-7-6-11(17)8-10(15)9-14-16(19)12-4-2-3-5-13(12)18-14;/h2-9H,1H3;1H/p+1. The number of aromatic nitrogens is 2. The molecule has 0 aliphatic rings. The van der Waals surface area contributed by atoms with Crippen molar-refractivity contribution in [2.45, 2.75) is 0 Å². The third-order valence-corrected chi connectivity index (χ3v) is 3.69. The van der Waals surface area contributed by atoms with Gasteiger partial charge in [-0.3, -0.25) is 0 Å². The lowest BCUT2D eigenvalue weighted by Gasteiger charge is -1.99. The maximum Gasteiger partial charge on any atom is 0.238 e. The smallest absolute Gasteiger partial charge is 0.238 e. The van der Waals surface area contributed by atoms with Crippen molar-refractivity contribution in [3.05, 3.63) is 54.3 Å². The Morgan fingerprint density at radius 3 is 2.65 bits per heavy atom. The number of hydrogen-bond donors (Lipinski definition) is 1. The van der Waals surface area contributed by atoms with Crippen molar-refractivity contribution in [3.63, 3.8) is 0 Å². The number of pyridine rings is 1. The van der Waals surface area contributed by atoms with Crippen molar-refractivity contribution in [3.8, 4) is 0 Å². The van der Waals surface area contributed by atoms with Crippen LogP contribution in [-0.4, -0.2) is 4.98 Å².